The predicted molar refractivity (Wildman–Crippen MR) is 103 cm³/mol. The molecular weight excluding hydrogens is 396 g/mol. The Bertz CT molecular complexity index is 1180. The van der Waals surface area contributed by atoms with E-state index in [-0.39, 0.29) is 18.9 Å². The Morgan fingerprint density at radius 1 is 1.14 bits per heavy atom. The van der Waals surface area contributed by atoms with Crippen LogP contribution in [-0.2, 0) is 27.6 Å². The molecule has 0 amide bonds. The fraction of sp³-hybridized carbons (Fsp3) is 0.250. The second-order valence-electron chi connectivity index (χ2n) is 6.87. The van der Waals surface area contributed by atoms with Crippen LogP contribution in [0.5, 0.6) is 0 Å². The molecule has 2 atom stereocenters. The van der Waals surface area contributed by atoms with Crippen molar-refractivity contribution in [2.45, 2.75) is 30.6 Å². The lowest BCUT2D eigenvalue weighted by molar-refractivity contribution is 0.165. The number of rotatable bonds is 4. The van der Waals surface area contributed by atoms with Gasteiger partial charge in [-0.1, -0.05) is 59.8 Å². The van der Waals surface area contributed by atoms with E-state index in [1.54, 1.807) is 48.5 Å². The number of fused-ring (bicyclic) bond motifs is 1. The van der Waals surface area contributed by atoms with E-state index in [1.165, 1.54) is 0 Å². The molecule has 29 heavy (non-hydrogen) atoms. The van der Waals surface area contributed by atoms with Crippen LogP contribution in [0.3, 0.4) is 0 Å². The second-order valence-corrected chi connectivity index (χ2v) is 8.87. The highest BCUT2D eigenvalue weighted by atomic mass is 32.2. The van der Waals surface area contributed by atoms with Crippen molar-refractivity contribution in [2.24, 2.45) is 0 Å². The van der Waals surface area contributed by atoms with Crippen LogP contribution in [0.1, 0.15) is 40.1 Å². The average Bonchev–Trinajstić information content (AvgIpc) is 3.18. The van der Waals surface area contributed by atoms with E-state index in [4.69, 9.17) is 4.74 Å². The summed E-state index contributed by atoms with van der Waals surface area (Å²) in [4.78, 5) is 26.3. The molecule has 0 bridgehead atoms. The first-order valence-electron chi connectivity index (χ1n) is 9.03. The molecular formula is C20H18N2O6S. The molecule has 1 N–H and O–H groups in total. The first kappa shape index (κ1) is 19.1. The quantitative estimate of drug-likeness (QED) is 0.652. The Morgan fingerprint density at radius 2 is 1.86 bits per heavy atom. The molecule has 9 heteroatoms. The number of aromatic nitrogens is 2. The summed E-state index contributed by atoms with van der Waals surface area (Å²) in [5.74, 6) is -0.846. The zero-order valence-corrected chi connectivity index (χ0v) is 16.1. The van der Waals surface area contributed by atoms with Gasteiger partial charge in [0.2, 0.25) is 0 Å². The third kappa shape index (κ3) is 3.86. The fourth-order valence-electron chi connectivity index (χ4n) is 3.60. The summed E-state index contributed by atoms with van der Waals surface area (Å²) in [5.41, 5.74) is 2.03. The Hall–Kier alpha value is -3.20. The molecule has 4 rings (SSSR count). The van der Waals surface area contributed by atoms with Gasteiger partial charge >= 0.3 is 11.1 Å². The van der Waals surface area contributed by atoms with Gasteiger partial charge in [0.15, 0.2) is 5.82 Å². The summed E-state index contributed by atoms with van der Waals surface area (Å²) in [6.07, 6.45) is 0.561. The minimum absolute atomic E-state index is 0.0856. The largest absolute Gasteiger partial charge is 0.449 e. The molecule has 0 spiro atoms. The van der Waals surface area contributed by atoms with Gasteiger partial charge in [-0.25, -0.2) is 18.0 Å². The molecule has 2 aromatic carbocycles. The number of hydrogen-bond acceptors (Lipinski definition) is 7. The number of carbonyl (C=O) groups is 1. The first-order valence-corrected chi connectivity index (χ1v) is 10.6. The molecule has 1 unspecified atom stereocenters. The van der Waals surface area contributed by atoms with Crippen LogP contribution in [0.25, 0.3) is 0 Å². The van der Waals surface area contributed by atoms with Gasteiger partial charge in [0.05, 0.1) is 5.25 Å². The molecule has 150 valence electrons. The molecule has 1 heterocycles. The number of benzene rings is 2. The van der Waals surface area contributed by atoms with Crippen molar-refractivity contribution in [3.05, 3.63) is 87.7 Å². The van der Waals surface area contributed by atoms with Crippen molar-refractivity contribution in [2.75, 3.05) is 0 Å². The summed E-state index contributed by atoms with van der Waals surface area (Å²) in [5, 5.41) is 1.33. The lowest BCUT2D eigenvalue weighted by Gasteiger charge is -2.29. The van der Waals surface area contributed by atoms with Gasteiger partial charge in [-0.2, -0.15) is 0 Å². The maximum Gasteiger partial charge on any atom is 0.438 e. The standard InChI is InChI=1S/C20H18N2O6S/c23-19-21-18(22-28-19)15-10-14-8-4-5-9-16(14)17(11-15)29(25,26)20(24)27-12-13-6-2-1-3-7-13/h1-9,15,17H,10-12H2,(H,21,22,23)/t15-,17?/m1/s1. The summed E-state index contributed by atoms with van der Waals surface area (Å²) in [6, 6.07) is 15.9. The van der Waals surface area contributed by atoms with E-state index in [1.807, 2.05) is 6.07 Å². The van der Waals surface area contributed by atoms with E-state index in [0.29, 0.717) is 17.5 Å². The van der Waals surface area contributed by atoms with E-state index >= 15 is 0 Å². The summed E-state index contributed by atoms with van der Waals surface area (Å²) >= 11 is 0. The van der Waals surface area contributed by atoms with Crippen molar-refractivity contribution in [1.29, 1.82) is 0 Å². The topological polar surface area (TPSA) is 119 Å². The van der Waals surface area contributed by atoms with Crippen LogP contribution in [-0.4, -0.2) is 23.9 Å². The van der Waals surface area contributed by atoms with Gasteiger partial charge in [-0.05, 0) is 29.5 Å². The van der Waals surface area contributed by atoms with Crippen molar-refractivity contribution >= 4 is 15.1 Å². The van der Waals surface area contributed by atoms with Crippen LogP contribution < -0.4 is 5.76 Å². The molecule has 0 radical (unpaired) electrons. The molecule has 0 fully saturated rings. The summed E-state index contributed by atoms with van der Waals surface area (Å²) in [6.45, 7) is -0.132. The van der Waals surface area contributed by atoms with Gasteiger partial charge in [0.25, 0.3) is 9.84 Å². The summed E-state index contributed by atoms with van der Waals surface area (Å²) in [7, 11) is -4.29. The molecule has 1 aliphatic rings. The number of ether oxygens (including phenoxy) is 1. The lowest BCUT2D eigenvalue weighted by atomic mass is 9.83. The molecule has 0 saturated carbocycles. The lowest BCUT2D eigenvalue weighted by Crippen LogP contribution is -2.29. The second kappa shape index (κ2) is 7.67. The maximum absolute atomic E-state index is 13.1. The number of aromatic amines is 1. The molecule has 1 aliphatic carbocycles. The van der Waals surface area contributed by atoms with E-state index in [0.717, 1.165) is 5.56 Å². The zero-order chi connectivity index (χ0) is 20.4. The van der Waals surface area contributed by atoms with Crippen molar-refractivity contribution in [3.8, 4) is 0 Å². The van der Waals surface area contributed by atoms with Crippen LogP contribution in [0.15, 0.2) is 63.9 Å². The Morgan fingerprint density at radius 3 is 2.59 bits per heavy atom. The highest BCUT2D eigenvalue weighted by molar-refractivity contribution is 8.05. The van der Waals surface area contributed by atoms with Gasteiger partial charge in [-0.15, -0.1) is 0 Å². The van der Waals surface area contributed by atoms with Gasteiger partial charge in [-0.3, -0.25) is 9.51 Å². The number of sulfone groups is 1. The van der Waals surface area contributed by atoms with Gasteiger partial charge in [0, 0.05) is 5.92 Å². The van der Waals surface area contributed by atoms with Gasteiger partial charge < -0.3 is 4.74 Å². The molecule has 8 nitrogen and oxygen atoms in total. The Kier molecular flexibility index (Phi) is 5.06. The fourth-order valence-corrected chi connectivity index (χ4v) is 5.11. The van der Waals surface area contributed by atoms with E-state index in [9.17, 15) is 18.0 Å². The highest BCUT2D eigenvalue weighted by Crippen LogP contribution is 2.42. The van der Waals surface area contributed by atoms with Crippen LogP contribution >= 0.6 is 0 Å². The molecule has 1 aromatic heterocycles. The third-order valence-corrected chi connectivity index (χ3v) is 6.79. The van der Waals surface area contributed by atoms with Crippen LogP contribution in [0.2, 0.25) is 0 Å². The van der Waals surface area contributed by atoms with Crippen LogP contribution in [0.4, 0.5) is 4.79 Å². The molecule has 3 aromatic rings. The molecule has 0 aliphatic heterocycles. The Labute approximate surface area is 166 Å². The number of H-pyrrole nitrogens is 1. The first-order chi connectivity index (χ1) is 13.9. The van der Waals surface area contributed by atoms with E-state index in [2.05, 4.69) is 14.7 Å². The number of hydrogen-bond donors (Lipinski definition) is 1. The van der Waals surface area contributed by atoms with Gasteiger partial charge in [0.1, 0.15) is 6.61 Å². The average molecular weight is 414 g/mol. The van der Waals surface area contributed by atoms with E-state index < -0.39 is 32.1 Å². The number of nitrogens with zero attached hydrogens (tertiary/aromatic N) is 1. The predicted octanol–water partition coefficient (Wildman–Crippen LogP) is 2.89. The minimum atomic E-state index is -4.29. The normalized spacial score (nSPS) is 18.8. The van der Waals surface area contributed by atoms with Crippen molar-refractivity contribution in [3.63, 3.8) is 0 Å². The summed E-state index contributed by atoms with van der Waals surface area (Å²) < 4.78 is 35.8. The highest BCUT2D eigenvalue weighted by Gasteiger charge is 2.42. The monoisotopic (exact) mass is 414 g/mol. The Balaban J connectivity index is 1.62. The van der Waals surface area contributed by atoms with Crippen LogP contribution in [0, 0.1) is 0 Å². The maximum atomic E-state index is 13.1. The molecule has 0 saturated heterocycles. The number of nitrogens with one attached hydrogen (secondary N) is 1. The SMILES string of the molecule is O=C(OCc1ccccc1)S(=O)(=O)C1C[C@H](c2noc(=O)[nH]2)Cc2ccccc21. The third-order valence-electron chi connectivity index (χ3n) is 5.02. The zero-order valence-electron chi connectivity index (χ0n) is 15.3. The minimum Gasteiger partial charge on any atom is -0.449 e. The smallest absolute Gasteiger partial charge is 0.438 e. The van der Waals surface area contributed by atoms with Crippen molar-refractivity contribution in [1.82, 2.24) is 10.1 Å². The number of carbonyl (C=O) groups excluding carboxylic acids is 1. The van der Waals surface area contributed by atoms with Crippen molar-refractivity contribution < 1.29 is 22.5 Å².